The van der Waals surface area contributed by atoms with Crippen molar-refractivity contribution in [2.45, 2.75) is 32.1 Å². The van der Waals surface area contributed by atoms with Crippen molar-refractivity contribution in [2.75, 3.05) is 32.8 Å². The Morgan fingerprint density at radius 1 is 1.00 bits per heavy atom. The van der Waals surface area contributed by atoms with E-state index in [0.717, 1.165) is 65.0 Å². The molecule has 3 N–H and O–H groups in total. The van der Waals surface area contributed by atoms with Crippen LogP contribution in [0.15, 0.2) is 0 Å². The highest BCUT2D eigenvalue weighted by Gasteiger charge is 2.32. The topological polar surface area (TPSA) is 56.4 Å². The Bertz CT molecular complexity index is 231. The fourth-order valence-corrected chi connectivity index (χ4v) is 2.07. The molecule has 1 aliphatic carbocycles. The molecule has 2 rings (SSSR count). The van der Waals surface area contributed by atoms with Gasteiger partial charge in [-0.15, -0.1) is 0 Å². The van der Waals surface area contributed by atoms with Crippen LogP contribution >= 0.6 is 0 Å². The monoisotopic (exact) mass is 240 g/mol. The average molecular weight is 240 g/mol. The standard InChI is InChI=1S/C12H24N4O/c17-12(11-4-5-11)16-9-3-8-15-14-7-2-1-6-13-10-16/h11,13-15H,1-10H2. The normalized spacial score (nSPS) is 24.8. The van der Waals surface area contributed by atoms with Crippen molar-refractivity contribution in [1.29, 1.82) is 0 Å². The molecule has 0 unspecified atom stereocenters. The molecule has 0 radical (unpaired) electrons. The zero-order valence-corrected chi connectivity index (χ0v) is 10.5. The van der Waals surface area contributed by atoms with Crippen molar-refractivity contribution in [1.82, 2.24) is 21.1 Å². The number of rotatable bonds is 1. The van der Waals surface area contributed by atoms with Gasteiger partial charge in [-0.1, -0.05) is 0 Å². The third kappa shape index (κ3) is 4.61. The first-order valence-electron chi connectivity index (χ1n) is 6.83. The molecule has 2 fully saturated rings. The lowest BCUT2D eigenvalue weighted by Gasteiger charge is -2.24. The first kappa shape index (κ1) is 12.8. The first-order chi connectivity index (χ1) is 8.38. The molecule has 0 bridgehead atoms. The van der Waals surface area contributed by atoms with E-state index in [1.54, 1.807) is 0 Å². The summed E-state index contributed by atoms with van der Waals surface area (Å²) < 4.78 is 0. The van der Waals surface area contributed by atoms with Gasteiger partial charge in [-0.25, -0.2) is 0 Å². The van der Waals surface area contributed by atoms with Gasteiger partial charge in [0, 0.05) is 25.6 Å². The highest BCUT2D eigenvalue weighted by Crippen LogP contribution is 2.30. The molecule has 0 spiro atoms. The van der Waals surface area contributed by atoms with E-state index in [4.69, 9.17) is 0 Å². The first-order valence-corrected chi connectivity index (χ1v) is 6.83. The highest BCUT2D eigenvalue weighted by atomic mass is 16.2. The molecule has 1 saturated heterocycles. The van der Waals surface area contributed by atoms with Crippen LogP contribution in [0.5, 0.6) is 0 Å². The Morgan fingerprint density at radius 2 is 1.71 bits per heavy atom. The summed E-state index contributed by atoms with van der Waals surface area (Å²) >= 11 is 0. The van der Waals surface area contributed by atoms with Crippen molar-refractivity contribution in [3.05, 3.63) is 0 Å². The zero-order valence-electron chi connectivity index (χ0n) is 10.5. The van der Waals surface area contributed by atoms with Crippen LogP contribution in [0.4, 0.5) is 0 Å². The second-order valence-electron chi connectivity index (χ2n) is 4.95. The van der Waals surface area contributed by atoms with Crippen LogP contribution in [0.25, 0.3) is 0 Å². The SMILES string of the molecule is O=C(C1CC1)N1CCCNNCCCCNC1. The van der Waals surface area contributed by atoms with Crippen molar-refractivity contribution in [3.63, 3.8) is 0 Å². The molecule has 98 valence electrons. The fourth-order valence-electron chi connectivity index (χ4n) is 2.07. The second-order valence-corrected chi connectivity index (χ2v) is 4.95. The van der Waals surface area contributed by atoms with Gasteiger partial charge < -0.3 is 4.90 Å². The number of hydrogen-bond acceptors (Lipinski definition) is 4. The summed E-state index contributed by atoms with van der Waals surface area (Å²) in [5.74, 6) is 0.679. The molecule has 1 saturated carbocycles. The van der Waals surface area contributed by atoms with E-state index in [9.17, 15) is 4.79 Å². The minimum Gasteiger partial charge on any atom is -0.330 e. The van der Waals surface area contributed by atoms with Gasteiger partial charge in [-0.2, -0.15) is 0 Å². The van der Waals surface area contributed by atoms with Gasteiger partial charge in [-0.05, 0) is 38.6 Å². The van der Waals surface area contributed by atoms with Gasteiger partial charge in [0.1, 0.15) is 0 Å². The summed E-state index contributed by atoms with van der Waals surface area (Å²) in [6.45, 7) is 4.52. The van der Waals surface area contributed by atoms with Gasteiger partial charge in [0.2, 0.25) is 5.91 Å². The molecule has 1 heterocycles. The largest absolute Gasteiger partial charge is 0.330 e. The molecule has 2 aliphatic rings. The molecule has 0 aromatic rings. The van der Waals surface area contributed by atoms with Gasteiger partial charge in [0.15, 0.2) is 0 Å². The van der Waals surface area contributed by atoms with E-state index in [-0.39, 0.29) is 0 Å². The summed E-state index contributed by atoms with van der Waals surface area (Å²) in [7, 11) is 0. The predicted octanol–water partition coefficient (Wildman–Crippen LogP) is 0.0502. The number of hydrazine groups is 1. The van der Waals surface area contributed by atoms with Crippen LogP contribution in [0, 0.1) is 5.92 Å². The lowest BCUT2D eigenvalue weighted by atomic mass is 10.3. The van der Waals surface area contributed by atoms with E-state index in [1.165, 1.54) is 0 Å². The summed E-state index contributed by atoms with van der Waals surface area (Å²) in [5.41, 5.74) is 6.40. The lowest BCUT2D eigenvalue weighted by molar-refractivity contribution is -0.133. The molecule has 5 nitrogen and oxygen atoms in total. The molecular weight excluding hydrogens is 216 g/mol. The van der Waals surface area contributed by atoms with Crippen LogP contribution < -0.4 is 16.2 Å². The van der Waals surface area contributed by atoms with Crippen LogP contribution in [0.1, 0.15) is 32.1 Å². The summed E-state index contributed by atoms with van der Waals surface area (Å²) in [4.78, 5) is 14.0. The van der Waals surface area contributed by atoms with Crippen molar-refractivity contribution in [2.24, 2.45) is 5.92 Å². The minimum atomic E-state index is 0.329. The molecule has 0 aromatic carbocycles. The third-order valence-corrected chi connectivity index (χ3v) is 3.30. The predicted molar refractivity (Wildman–Crippen MR) is 67.2 cm³/mol. The Balaban J connectivity index is 1.77. The molecule has 1 amide bonds. The lowest BCUT2D eigenvalue weighted by Crippen LogP contribution is -2.43. The molecule has 5 heteroatoms. The van der Waals surface area contributed by atoms with Crippen LogP contribution in [-0.2, 0) is 4.79 Å². The van der Waals surface area contributed by atoms with Gasteiger partial charge in [0.25, 0.3) is 0 Å². The summed E-state index contributed by atoms with van der Waals surface area (Å²) in [6, 6.07) is 0. The Morgan fingerprint density at radius 3 is 2.47 bits per heavy atom. The maximum atomic E-state index is 12.0. The van der Waals surface area contributed by atoms with Crippen molar-refractivity contribution in [3.8, 4) is 0 Å². The Labute approximate surface area is 103 Å². The second kappa shape index (κ2) is 6.93. The molecule has 0 aromatic heterocycles. The maximum absolute atomic E-state index is 12.0. The molecule has 17 heavy (non-hydrogen) atoms. The number of amides is 1. The van der Waals surface area contributed by atoms with Gasteiger partial charge >= 0.3 is 0 Å². The average Bonchev–Trinajstić information content (AvgIpc) is 3.13. The molecular formula is C12H24N4O. The number of carbonyl (C=O) groups excluding carboxylic acids is 1. The van der Waals surface area contributed by atoms with Crippen molar-refractivity contribution >= 4 is 5.91 Å². The summed E-state index contributed by atoms with van der Waals surface area (Å²) in [5, 5.41) is 3.37. The number of hydrogen-bond donors (Lipinski definition) is 3. The number of carbonyl (C=O) groups is 1. The molecule has 0 atom stereocenters. The van der Waals surface area contributed by atoms with Crippen LogP contribution in [-0.4, -0.2) is 43.7 Å². The van der Waals surface area contributed by atoms with E-state index >= 15 is 0 Å². The van der Waals surface area contributed by atoms with Gasteiger partial charge in [0.05, 0.1) is 6.67 Å². The fraction of sp³-hybridized carbons (Fsp3) is 0.917. The van der Waals surface area contributed by atoms with E-state index in [0.29, 0.717) is 11.8 Å². The van der Waals surface area contributed by atoms with E-state index in [1.807, 2.05) is 4.90 Å². The van der Waals surface area contributed by atoms with E-state index in [2.05, 4.69) is 16.2 Å². The Hall–Kier alpha value is -0.650. The molecule has 1 aliphatic heterocycles. The number of nitrogens with zero attached hydrogens (tertiary/aromatic N) is 1. The number of nitrogens with one attached hydrogen (secondary N) is 3. The quantitative estimate of drug-likeness (QED) is 0.606. The van der Waals surface area contributed by atoms with Crippen molar-refractivity contribution < 1.29 is 4.79 Å². The smallest absolute Gasteiger partial charge is 0.226 e. The van der Waals surface area contributed by atoms with Gasteiger partial charge in [-0.3, -0.25) is 21.0 Å². The maximum Gasteiger partial charge on any atom is 0.226 e. The van der Waals surface area contributed by atoms with E-state index < -0.39 is 0 Å². The Kier molecular flexibility index (Phi) is 5.22. The minimum absolute atomic E-state index is 0.329. The highest BCUT2D eigenvalue weighted by molar-refractivity contribution is 5.80. The zero-order chi connectivity index (χ0) is 11.9. The van der Waals surface area contributed by atoms with Crippen LogP contribution in [0.2, 0.25) is 0 Å². The third-order valence-electron chi connectivity index (χ3n) is 3.30. The van der Waals surface area contributed by atoms with Crippen LogP contribution in [0.3, 0.4) is 0 Å². The summed E-state index contributed by atoms with van der Waals surface area (Å²) in [6.07, 6.45) is 5.51.